The molecule has 0 aliphatic rings. The van der Waals surface area contributed by atoms with E-state index in [4.69, 9.17) is 0 Å². The molecule has 0 aliphatic carbocycles. The third-order valence-corrected chi connectivity index (χ3v) is 3.28. The van der Waals surface area contributed by atoms with Crippen LogP contribution in [-0.2, 0) is 6.54 Å². The minimum atomic E-state index is 0.740. The summed E-state index contributed by atoms with van der Waals surface area (Å²) >= 11 is 3.38. The second-order valence-electron chi connectivity index (χ2n) is 4.05. The molecule has 0 aliphatic heterocycles. The van der Waals surface area contributed by atoms with Gasteiger partial charge in [0.25, 0.3) is 0 Å². The summed E-state index contributed by atoms with van der Waals surface area (Å²) in [5.41, 5.74) is 4.80. The Hall–Kier alpha value is -1.35. The second-order valence-corrected chi connectivity index (χ2v) is 4.87. The molecule has 1 N–H and O–H groups in total. The molecular weight excluding hydrogens is 276 g/mol. The molecule has 0 saturated heterocycles. The first-order valence-corrected chi connectivity index (χ1v) is 6.37. The van der Waals surface area contributed by atoms with Gasteiger partial charge in [0, 0.05) is 5.69 Å². The van der Waals surface area contributed by atoms with E-state index >= 15 is 0 Å². The van der Waals surface area contributed by atoms with Crippen molar-refractivity contribution < 1.29 is 0 Å². The van der Waals surface area contributed by atoms with Crippen LogP contribution in [0.4, 0.5) is 5.69 Å². The lowest BCUT2D eigenvalue weighted by atomic mass is 10.1. The van der Waals surface area contributed by atoms with E-state index in [1.807, 2.05) is 18.2 Å². The zero-order valence-electron chi connectivity index (χ0n) is 10.00. The number of aryl methyl sites for hydroxylation is 1. The van der Waals surface area contributed by atoms with Crippen LogP contribution in [0, 0.1) is 13.8 Å². The summed E-state index contributed by atoms with van der Waals surface area (Å²) in [5, 5.41) is 3.41. The van der Waals surface area contributed by atoms with Crippen molar-refractivity contribution in [1.29, 1.82) is 0 Å². The Morgan fingerprint density at radius 1 is 1.12 bits per heavy atom. The molecule has 0 fully saturated rings. The Morgan fingerprint density at radius 2 is 1.88 bits per heavy atom. The molecule has 0 atom stereocenters. The molecule has 1 aromatic carbocycles. The Labute approximate surface area is 110 Å². The minimum absolute atomic E-state index is 0.740. The van der Waals surface area contributed by atoms with Gasteiger partial charge in [-0.2, -0.15) is 0 Å². The van der Waals surface area contributed by atoms with Gasteiger partial charge in [0.15, 0.2) is 0 Å². The molecule has 1 aromatic heterocycles. The van der Waals surface area contributed by atoms with Gasteiger partial charge in [-0.1, -0.05) is 18.2 Å². The van der Waals surface area contributed by atoms with Gasteiger partial charge in [-0.05, 0) is 59.1 Å². The van der Waals surface area contributed by atoms with E-state index in [9.17, 15) is 0 Å². The lowest BCUT2D eigenvalue weighted by Gasteiger charge is -2.11. The Balaban J connectivity index is 2.10. The molecule has 0 amide bonds. The average Bonchev–Trinajstić information content (AvgIpc) is 2.31. The standard InChI is InChI=1S/C14H15BrN2/c1-10-5-3-7-13(11(10)2)16-9-12-6-4-8-14(15)17-12/h3-8,16H,9H2,1-2H3. The Kier molecular flexibility index (Phi) is 3.79. The normalized spacial score (nSPS) is 10.3. The van der Waals surface area contributed by atoms with Crippen molar-refractivity contribution in [2.75, 3.05) is 5.32 Å². The number of anilines is 1. The van der Waals surface area contributed by atoms with Crippen LogP contribution in [0.1, 0.15) is 16.8 Å². The maximum absolute atomic E-state index is 4.39. The number of benzene rings is 1. The fourth-order valence-corrected chi connectivity index (χ4v) is 2.06. The maximum Gasteiger partial charge on any atom is 0.106 e. The predicted octanol–water partition coefficient (Wildman–Crippen LogP) is 4.07. The smallest absolute Gasteiger partial charge is 0.106 e. The van der Waals surface area contributed by atoms with Crippen molar-refractivity contribution in [3.63, 3.8) is 0 Å². The Morgan fingerprint density at radius 3 is 2.65 bits per heavy atom. The van der Waals surface area contributed by atoms with Gasteiger partial charge in [0.05, 0.1) is 12.2 Å². The van der Waals surface area contributed by atoms with Crippen molar-refractivity contribution in [1.82, 2.24) is 4.98 Å². The largest absolute Gasteiger partial charge is 0.379 e. The van der Waals surface area contributed by atoms with Crippen molar-refractivity contribution in [2.45, 2.75) is 20.4 Å². The molecule has 1 heterocycles. The first kappa shape index (κ1) is 12.1. The number of nitrogens with one attached hydrogen (secondary N) is 1. The zero-order valence-corrected chi connectivity index (χ0v) is 11.6. The molecule has 0 radical (unpaired) electrons. The summed E-state index contributed by atoms with van der Waals surface area (Å²) in [7, 11) is 0. The molecule has 0 spiro atoms. The molecule has 88 valence electrons. The molecular formula is C14H15BrN2. The van der Waals surface area contributed by atoms with Crippen LogP contribution < -0.4 is 5.32 Å². The van der Waals surface area contributed by atoms with Crippen LogP contribution in [0.5, 0.6) is 0 Å². The van der Waals surface area contributed by atoms with Gasteiger partial charge in [-0.15, -0.1) is 0 Å². The highest BCUT2D eigenvalue weighted by Gasteiger charge is 2.01. The zero-order chi connectivity index (χ0) is 12.3. The SMILES string of the molecule is Cc1cccc(NCc2cccc(Br)n2)c1C. The van der Waals surface area contributed by atoms with E-state index in [1.54, 1.807) is 0 Å². The van der Waals surface area contributed by atoms with Gasteiger partial charge in [-0.25, -0.2) is 4.98 Å². The van der Waals surface area contributed by atoms with Gasteiger partial charge < -0.3 is 5.32 Å². The number of pyridine rings is 1. The monoisotopic (exact) mass is 290 g/mol. The fourth-order valence-electron chi connectivity index (χ4n) is 1.68. The van der Waals surface area contributed by atoms with Crippen molar-refractivity contribution >= 4 is 21.6 Å². The third kappa shape index (κ3) is 3.07. The maximum atomic E-state index is 4.39. The number of rotatable bonds is 3. The highest BCUT2D eigenvalue weighted by atomic mass is 79.9. The van der Waals surface area contributed by atoms with Crippen molar-refractivity contribution in [2.24, 2.45) is 0 Å². The van der Waals surface area contributed by atoms with Gasteiger partial charge >= 0.3 is 0 Å². The molecule has 17 heavy (non-hydrogen) atoms. The van der Waals surface area contributed by atoms with Crippen molar-refractivity contribution in [3.8, 4) is 0 Å². The highest BCUT2D eigenvalue weighted by Crippen LogP contribution is 2.18. The quantitative estimate of drug-likeness (QED) is 0.862. The molecule has 3 heteroatoms. The van der Waals surface area contributed by atoms with Gasteiger partial charge in [0.1, 0.15) is 4.60 Å². The number of hydrogen-bond donors (Lipinski definition) is 1. The number of nitrogens with zero attached hydrogens (tertiary/aromatic N) is 1. The first-order valence-electron chi connectivity index (χ1n) is 5.58. The third-order valence-electron chi connectivity index (χ3n) is 2.84. The topological polar surface area (TPSA) is 24.9 Å². The van der Waals surface area contributed by atoms with E-state index in [0.29, 0.717) is 0 Å². The lowest BCUT2D eigenvalue weighted by Crippen LogP contribution is -2.03. The van der Waals surface area contributed by atoms with Crippen LogP contribution in [0.25, 0.3) is 0 Å². The molecule has 2 nitrogen and oxygen atoms in total. The molecule has 2 aromatic rings. The number of aromatic nitrogens is 1. The van der Waals surface area contributed by atoms with Crippen LogP contribution in [0.2, 0.25) is 0 Å². The average molecular weight is 291 g/mol. The minimum Gasteiger partial charge on any atom is -0.379 e. The van der Waals surface area contributed by atoms with Crippen LogP contribution in [0.3, 0.4) is 0 Å². The van der Waals surface area contributed by atoms with Crippen LogP contribution in [-0.4, -0.2) is 4.98 Å². The summed E-state index contributed by atoms with van der Waals surface area (Å²) in [5.74, 6) is 0. The second kappa shape index (κ2) is 5.32. The van der Waals surface area contributed by atoms with Gasteiger partial charge in [0.2, 0.25) is 0 Å². The highest BCUT2D eigenvalue weighted by molar-refractivity contribution is 9.10. The van der Waals surface area contributed by atoms with E-state index < -0.39 is 0 Å². The van der Waals surface area contributed by atoms with Crippen LogP contribution in [0.15, 0.2) is 41.0 Å². The van der Waals surface area contributed by atoms with E-state index in [2.05, 4.69) is 58.3 Å². The molecule has 2 rings (SSSR count). The van der Waals surface area contributed by atoms with E-state index in [-0.39, 0.29) is 0 Å². The summed E-state index contributed by atoms with van der Waals surface area (Å²) in [4.78, 5) is 4.39. The number of hydrogen-bond acceptors (Lipinski definition) is 2. The molecule has 0 saturated carbocycles. The lowest BCUT2D eigenvalue weighted by molar-refractivity contribution is 1.03. The first-order chi connectivity index (χ1) is 8.16. The summed E-state index contributed by atoms with van der Waals surface area (Å²) in [6.45, 7) is 4.99. The van der Waals surface area contributed by atoms with E-state index in [0.717, 1.165) is 16.8 Å². The Bertz CT molecular complexity index is 523. The van der Waals surface area contributed by atoms with Gasteiger partial charge in [-0.3, -0.25) is 0 Å². The predicted molar refractivity (Wildman–Crippen MR) is 75.2 cm³/mol. The van der Waals surface area contributed by atoms with Crippen molar-refractivity contribution in [3.05, 3.63) is 57.8 Å². The summed E-state index contributed by atoms with van der Waals surface area (Å²) in [6, 6.07) is 12.2. The van der Waals surface area contributed by atoms with E-state index in [1.165, 1.54) is 16.8 Å². The molecule has 0 unspecified atom stereocenters. The van der Waals surface area contributed by atoms with Crippen LogP contribution >= 0.6 is 15.9 Å². The summed E-state index contributed by atoms with van der Waals surface area (Å²) < 4.78 is 0.873. The molecule has 0 bridgehead atoms. The summed E-state index contributed by atoms with van der Waals surface area (Å²) in [6.07, 6.45) is 0. The number of halogens is 1. The fraction of sp³-hybridized carbons (Fsp3) is 0.214.